The molecule has 1 heterocycles. The summed E-state index contributed by atoms with van der Waals surface area (Å²) in [5.41, 5.74) is 2.22. The van der Waals surface area contributed by atoms with Crippen molar-refractivity contribution in [3.05, 3.63) is 42.1 Å². The Bertz CT molecular complexity index is 560. The number of fused-ring (bicyclic) bond motifs is 1. The fourth-order valence-corrected chi connectivity index (χ4v) is 2.35. The second-order valence-corrected chi connectivity index (χ2v) is 5.20. The van der Waals surface area contributed by atoms with Crippen LogP contribution in [0.5, 0.6) is 0 Å². The molecular formula is C16H19NO. The maximum absolute atomic E-state index is 11.6. The van der Waals surface area contributed by atoms with Crippen LogP contribution in [-0.4, -0.2) is 10.8 Å². The van der Waals surface area contributed by atoms with Crippen LogP contribution < -0.4 is 0 Å². The Morgan fingerprint density at radius 1 is 1.28 bits per heavy atom. The molecule has 0 aliphatic heterocycles. The molecule has 2 heteroatoms. The smallest absolute Gasteiger partial charge is 0.133 e. The van der Waals surface area contributed by atoms with E-state index in [-0.39, 0.29) is 11.7 Å². The van der Waals surface area contributed by atoms with Gasteiger partial charge in [-0.25, -0.2) is 0 Å². The molecule has 0 saturated heterocycles. The minimum atomic E-state index is 0.110. The van der Waals surface area contributed by atoms with Gasteiger partial charge in [-0.1, -0.05) is 26.0 Å². The van der Waals surface area contributed by atoms with Gasteiger partial charge in [0.25, 0.3) is 0 Å². The number of benzene rings is 1. The summed E-state index contributed by atoms with van der Waals surface area (Å²) < 4.78 is 0. The van der Waals surface area contributed by atoms with Crippen molar-refractivity contribution < 1.29 is 4.79 Å². The number of Topliss-reactive ketones (excluding diaryl/α,β-unsaturated/α-hetero) is 1. The van der Waals surface area contributed by atoms with Crippen LogP contribution in [0.3, 0.4) is 0 Å². The number of carbonyl (C=O) groups excluding carboxylic acids is 1. The quantitative estimate of drug-likeness (QED) is 0.818. The first-order valence-electron chi connectivity index (χ1n) is 6.42. The van der Waals surface area contributed by atoms with Crippen LogP contribution in [-0.2, 0) is 11.2 Å². The minimum absolute atomic E-state index is 0.110. The largest absolute Gasteiger partial charge is 0.300 e. The van der Waals surface area contributed by atoms with Gasteiger partial charge in [-0.2, -0.15) is 0 Å². The van der Waals surface area contributed by atoms with E-state index in [2.05, 4.69) is 37.0 Å². The van der Waals surface area contributed by atoms with Gasteiger partial charge in [0, 0.05) is 17.5 Å². The third kappa shape index (κ3) is 2.76. The molecule has 0 amide bonds. The van der Waals surface area contributed by atoms with E-state index in [9.17, 15) is 4.79 Å². The highest BCUT2D eigenvalue weighted by molar-refractivity contribution is 5.80. The van der Waals surface area contributed by atoms with E-state index in [0.29, 0.717) is 5.92 Å². The minimum Gasteiger partial charge on any atom is -0.300 e. The van der Waals surface area contributed by atoms with E-state index in [1.165, 1.54) is 5.56 Å². The highest BCUT2D eigenvalue weighted by Crippen LogP contribution is 2.21. The van der Waals surface area contributed by atoms with Crippen molar-refractivity contribution in [3.8, 4) is 0 Å². The molecule has 0 N–H and O–H groups in total. The van der Waals surface area contributed by atoms with Crippen molar-refractivity contribution in [3.63, 3.8) is 0 Å². The van der Waals surface area contributed by atoms with Crippen LogP contribution in [0.1, 0.15) is 26.3 Å². The lowest BCUT2D eigenvalue weighted by molar-refractivity contribution is -0.121. The van der Waals surface area contributed by atoms with Gasteiger partial charge in [-0.15, -0.1) is 0 Å². The lowest BCUT2D eigenvalue weighted by Crippen LogP contribution is -2.20. The maximum atomic E-state index is 11.6. The summed E-state index contributed by atoms with van der Waals surface area (Å²) in [6, 6.07) is 10.2. The average Bonchev–Trinajstić information content (AvgIpc) is 2.35. The molecule has 1 aromatic carbocycles. The molecule has 0 fully saturated rings. The predicted molar refractivity (Wildman–Crippen MR) is 74.5 cm³/mol. The standard InChI is InChI=1S/C16H19NO/c1-11(2)15(12(3)18)10-13-6-7-16-14(9-13)5-4-8-17-16/h4-9,11,15H,10H2,1-3H3. The van der Waals surface area contributed by atoms with Crippen molar-refractivity contribution in [2.24, 2.45) is 11.8 Å². The fraction of sp³-hybridized carbons (Fsp3) is 0.375. The van der Waals surface area contributed by atoms with Crippen LogP contribution in [0.25, 0.3) is 10.9 Å². The second kappa shape index (κ2) is 5.30. The lowest BCUT2D eigenvalue weighted by Gasteiger charge is -2.17. The molecule has 1 aromatic heterocycles. The van der Waals surface area contributed by atoms with E-state index in [1.54, 1.807) is 13.1 Å². The molecule has 0 aliphatic rings. The van der Waals surface area contributed by atoms with Gasteiger partial charge in [0.15, 0.2) is 0 Å². The van der Waals surface area contributed by atoms with Gasteiger partial charge in [0.05, 0.1) is 5.52 Å². The van der Waals surface area contributed by atoms with Gasteiger partial charge >= 0.3 is 0 Å². The number of hydrogen-bond acceptors (Lipinski definition) is 2. The molecule has 18 heavy (non-hydrogen) atoms. The third-order valence-electron chi connectivity index (χ3n) is 3.45. The molecule has 2 aromatic rings. The third-order valence-corrected chi connectivity index (χ3v) is 3.45. The van der Waals surface area contributed by atoms with Crippen LogP contribution >= 0.6 is 0 Å². The molecule has 1 atom stereocenters. The van der Waals surface area contributed by atoms with Crippen molar-refractivity contribution >= 4 is 16.7 Å². The van der Waals surface area contributed by atoms with Gasteiger partial charge in [-0.3, -0.25) is 9.78 Å². The first-order chi connectivity index (χ1) is 8.58. The summed E-state index contributed by atoms with van der Waals surface area (Å²) in [4.78, 5) is 15.9. The predicted octanol–water partition coefficient (Wildman–Crippen LogP) is 3.64. The molecule has 0 aliphatic carbocycles. The molecule has 0 saturated carbocycles. The van der Waals surface area contributed by atoms with Gasteiger partial charge in [0.2, 0.25) is 0 Å². The van der Waals surface area contributed by atoms with E-state index < -0.39 is 0 Å². The zero-order chi connectivity index (χ0) is 13.1. The summed E-state index contributed by atoms with van der Waals surface area (Å²) in [6.07, 6.45) is 2.62. The number of nitrogens with zero attached hydrogens (tertiary/aromatic N) is 1. The van der Waals surface area contributed by atoms with Crippen molar-refractivity contribution in [2.45, 2.75) is 27.2 Å². The van der Waals surface area contributed by atoms with E-state index >= 15 is 0 Å². The summed E-state index contributed by atoms with van der Waals surface area (Å²) in [5, 5.41) is 1.14. The van der Waals surface area contributed by atoms with Crippen molar-refractivity contribution in [2.75, 3.05) is 0 Å². The van der Waals surface area contributed by atoms with Crippen LogP contribution in [0.4, 0.5) is 0 Å². The van der Waals surface area contributed by atoms with Gasteiger partial charge < -0.3 is 0 Å². The number of ketones is 1. The first kappa shape index (κ1) is 12.7. The lowest BCUT2D eigenvalue weighted by atomic mass is 9.86. The first-order valence-corrected chi connectivity index (χ1v) is 6.42. The molecule has 2 rings (SSSR count). The number of carbonyl (C=O) groups is 1. The Labute approximate surface area is 108 Å². The van der Waals surface area contributed by atoms with Crippen LogP contribution in [0.15, 0.2) is 36.5 Å². The summed E-state index contributed by atoms with van der Waals surface area (Å²) in [5.74, 6) is 0.766. The Kier molecular flexibility index (Phi) is 3.75. The van der Waals surface area contributed by atoms with Gasteiger partial charge in [-0.05, 0) is 43.0 Å². The molecule has 2 nitrogen and oxygen atoms in total. The van der Waals surface area contributed by atoms with E-state index in [4.69, 9.17) is 0 Å². The molecule has 0 spiro atoms. The number of hydrogen-bond donors (Lipinski definition) is 0. The number of rotatable bonds is 4. The monoisotopic (exact) mass is 241 g/mol. The fourth-order valence-electron chi connectivity index (χ4n) is 2.35. The van der Waals surface area contributed by atoms with Gasteiger partial charge in [0.1, 0.15) is 5.78 Å². The zero-order valence-electron chi connectivity index (χ0n) is 11.2. The molecule has 0 bridgehead atoms. The van der Waals surface area contributed by atoms with Crippen LogP contribution in [0, 0.1) is 11.8 Å². The molecular weight excluding hydrogens is 222 g/mol. The summed E-state index contributed by atoms with van der Waals surface area (Å²) >= 11 is 0. The number of aromatic nitrogens is 1. The highest BCUT2D eigenvalue weighted by atomic mass is 16.1. The Morgan fingerprint density at radius 3 is 2.72 bits per heavy atom. The molecule has 94 valence electrons. The second-order valence-electron chi connectivity index (χ2n) is 5.20. The normalized spacial score (nSPS) is 12.9. The highest BCUT2D eigenvalue weighted by Gasteiger charge is 2.18. The zero-order valence-corrected chi connectivity index (χ0v) is 11.2. The summed E-state index contributed by atoms with van der Waals surface area (Å²) in [6.45, 7) is 5.90. The molecule has 0 radical (unpaired) electrons. The maximum Gasteiger partial charge on any atom is 0.133 e. The SMILES string of the molecule is CC(=O)C(Cc1ccc2ncccc2c1)C(C)C. The Balaban J connectivity index is 2.28. The summed E-state index contributed by atoms with van der Waals surface area (Å²) in [7, 11) is 0. The molecule has 1 unspecified atom stereocenters. The van der Waals surface area contributed by atoms with Crippen molar-refractivity contribution in [1.82, 2.24) is 4.98 Å². The van der Waals surface area contributed by atoms with Crippen LogP contribution in [0.2, 0.25) is 0 Å². The van der Waals surface area contributed by atoms with E-state index in [1.807, 2.05) is 12.1 Å². The topological polar surface area (TPSA) is 30.0 Å². The average molecular weight is 241 g/mol. The van der Waals surface area contributed by atoms with E-state index in [0.717, 1.165) is 17.3 Å². The number of pyridine rings is 1. The Hall–Kier alpha value is -1.70. The Morgan fingerprint density at radius 2 is 2.06 bits per heavy atom. The van der Waals surface area contributed by atoms with Crippen molar-refractivity contribution in [1.29, 1.82) is 0 Å².